The van der Waals surface area contributed by atoms with Crippen LogP contribution in [0.3, 0.4) is 0 Å². The number of hydrogen-bond donors (Lipinski definition) is 2. The summed E-state index contributed by atoms with van der Waals surface area (Å²) >= 11 is 0. The predicted molar refractivity (Wildman–Crippen MR) is 74.8 cm³/mol. The molecule has 0 bridgehead atoms. The third kappa shape index (κ3) is 3.67. The smallest absolute Gasteiger partial charge is 0.126 e. The molecule has 1 heterocycles. The van der Waals surface area contributed by atoms with Crippen molar-refractivity contribution >= 4 is 0 Å². The Morgan fingerprint density at radius 2 is 2.11 bits per heavy atom. The number of hydrogen-bond acceptors (Lipinski definition) is 3. The Morgan fingerprint density at radius 1 is 1.42 bits per heavy atom. The minimum absolute atomic E-state index is 0.0333. The predicted octanol–water partition coefficient (Wildman–Crippen LogP) is 2.67. The van der Waals surface area contributed by atoms with Gasteiger partial charge in [0.1, 0.15) is 11.6 Å². The second-order valence-electron chi connectivity index (χ2n) is 5.30. The Morgan fingerprint density at radius 3 is 2.68 bits per heavy atom. The molecule has 1 fully saturated rings. The van der Waals surface area contributed by atoms with Crippen LogP contribution in [0.15, 0.2) is 18.2 Å². The Kier molecular flexibility index (Phi) is 4.77. The summed E-state index contributed by atoms with van der Waals surface area (Å²) in [7, 11) is 0. The molecule has 0 spiro atoms. The molecule has 4 heteroatoms. The number of phenolic OH excluding ortho intramolecular Hbond substituents is 1. The first kappa shape index (κ1) is 14.3. The maximum absolute atomic E-state index is 13.0. The van der Waals surface area contributed by atoms with Gasteiger partial charge in [-0.1, -0.05) is 13.0 Å². The van der Waals surface area contributed by atoms with Crippen molar-refractivity contribution in [2.75, 3.05) is 19.6 Å². The summed E-state index contributed by atoms with van der Waals surface area (Å²) in [5, 5.41) is 13.3. The van der Waals surface area contributed by atoms with Crippen LogP contribution in [0.1, 0.15) is 38.3 Å². The van der Waals surface area contributed by atoms with E-state index in [0.29, 0.717) is 6.04 Å². The third-order valence-corrected chi connectivity index (χ3v) is 3.98. The normalized spacial score (nSPS) is 19.5. The summed E-state index contributed by atoms with van der Waals surface area (Å²) in [6.07, 6.45) is 2.25. The van der Waals surface area contributed by atoms with Crippen molar-refractivity contribution in [2.24, 2.45) is 0 Å². The monoisotopic (exact) mass is 266 g/mol. The van der Waals surface area contributed by atoms with Crippen LogP contribution in [0.5, 0.6) is 5.75 Å². The number of halogens is 1. The zero-order valence-electron chi connectivity index (χ0n) is 11.7. The van der Waals surface area contributed by atoms with E-state index in [1.165, 1.54) is 12.1 Å². The van der Waals surface area contributed by atoms with Crippen LogP contribution in [-0.4, -0.2) is 35.7 Å². The first-order valence-corrected chi connectivity index (χ1v) is 7.07. The Hall–Kier alpha value is -1.13. The number of phenols is 1. The van der Waals surface area contributed by atoms with E-state index in [9.17, 15) is 9.50 Å². The molecule has 0 saturated carbocycles. The zero-order chi connectivity index (χ0) is 13.8. The molecule has 106 valence electrons. The second kappa shape index (κ2) is 6.35. The molecule has 2 rings (SSSR count). The van der Waals surface area contributed by atoms with Gasteiger partial charge in [0.2, 0.25) is 0 Å². The van der Waals surface area contributed by atoms with Crippen LogP contribution in [-0.2, 0) is 0 Å². The van der Waals surface area contributed by atoms with Crippen LogP contribution in [0.2, 0.25) is 0 Å². The molecule has 0 radical (unpaired) electrons. The molecule has 1 unspecified atom stereocenters. The minimum atomic E-state index is -0.398. The lowest BCUT2D eigenvalue weighted by Gasteiger charge is -2.33. The fourth-order valence-corrected chi connectivity index (χ4v) is 2.74. The van der Waals surface area contributed by atoms with Gasteiger partial charge in [-0.15, -0.1) is 0 Å². The zero-order valence-corrected chi connectivity index (χ0v) is 11.7. The molecule has 0 amide bonds. The van der Waals surface area contributed by atoms with Crippen molar-refractivity contribution in [2.45, 2.75) is 38.8 Å². The molecule has 0 aromatic heterocycles. The average molecular weight is 266 g/mol. The van der Waals surface area contributed by atoms with E-state index in [0.717, 1.165) is 38.0 Å². The van der Waals surface area contributed by atoms with Gasteiger partial charge in [0.05, 0.1) is 0 Å². The topological polar surface area (TPSA) is 35.5 Å². The molecule has 1 aromatic carbocycles. The highest BCUT2D eigenvalue weighted by atomic mass is 19.1. The number of nitrogens with one attached hydrogen (secondary N) is 1. The quantitative estimate of drug-likeness (QED) is 0.879. The lowest BCUT2D eigenvalue weighted by Crippen LogP contribution is -2.43. The van der Waals surface area contributed by atoms with Gasteiger partial charge >= 0.3 is 0 Å². The van der Waals surface area contributed by atoms with Gasteiger partial charge in [0, 0.05) is 23.7 Å². The van der Waals surface area contributed by atoms with Crippen LogP contribution < -0.4 is 5.32 Å². The fraction of sp³-hybridized carbons (Fsp3) is 0.600. The fourth-order valence-electron chi connectivity index (χ4n) is 2.74. The van der Waals surface area contributed by atoms with Gasteiger partial charge in [-0.05, 0) is 45.5 Å². The Balaban J connectivity index is 1.92. The first-order valence-electron chi connectivity index (χ1n) is 7.07. The average Bonchev–Trinajstić information content (AvgIpc) is 2.39. The van der Waals surface area contributed by atoms with Crippen LogP contribution >= 0.6 is 0 Å². The van der Waals surface area contributed by atoms with E-state index in [-0.39, 0.29) is 11.8 Å². The third-order valence-electron chi connectivity index (χ3n) is 3.98. The maximum Gasteiger partial charge on any atom is 0.126 e. The van der Waals surface area contributed by atoms with Gasteiger partial charge in [0.25, 0.3) is 0 Å². The van der Waals surface area contributed by atoms with Gasteiger partial charge in [-0.25, -0.2) is 4.39 Å². The van der Waals surface area contributed by atoms with Gasteiger partial charge in [0.15, 0.2) is 0 Å². The summed E-state index contributed by atoms with van der Waals surface area (Å²) in [6.45, 7) is 7.56. The van der Waals surface area contributed by atoms with E-state index in [4.69, 9.17) is 0 Å². The van der Waals surface area contributed by atoms with Crippen molar-refractivity contribution in [1.82, 2.24) is 10.2 Å². The van der Waals surface area contributed by atoms with E-state index >= 15 is 0 Å². The standard InChI is InChI=1S/C15H23FN2O/c1-3-18-8-6-13(7-9-18)17-11(2)14-5-4-12(16)10-15(14)19/h4-5,10-11,13,17,19H,3,6-9H2,1-2H3. The minimum Gasteiger partial charge on any atom is -0.508 e. The maximum atomic E-state index is 13.0. The summed E-state index contributed by atoms with van der Waals surface area (Å²) in [5.74, 6) is -0.365. The number of nitrogens with zero attached hydrogens (tertiary/aromatic N) is 1. The van der Waals surface area contributed by atoms with Gasteiger partial charge in [-0.2, -0.15) is 0 Å². The van der Waals surface area contributed by atoms with Crippen molar-refractivity contribution in [1.29, 1.82) is 0 Å². The number of benzene rings is 1. The highest BCUT2D eigenvalue weighted by Crippen LogP contribution is 2.26. The lowest BCUT2D eigenvalue weighted by molar-refractivity contribution is 0.200. The molecule has 3 nitrogen and oxygen atoms in total. The summed E-state index contributed by atoms with van der Waals surface area (Å²) in [4.78, 5) is 2.44. The van der Waals surface area contributed by atoms with E-state index in [1.54, 1.807) is 6.07 Å². The molecule has 1 aliphatic rings. The number of likely N-dealkylation sites (tertiary alicyclic amines) is 1. The van der Waals surface area contributed by atoms with Gasteiger partial charge < -0.3 is 15.3 Å². The summed E-state index contributed by atoms with van der Waals surface area (Å²) in [6, 6.07) is 4.74. The van der Waals surface area contributed by atoms with Crippen molar-refractivity contribution < 1.29 is 9.50 Å². The second-order valence-corrected chi connectivity index (χ2v) is 5.30. The van der Waals surface area contributed by atoms with Crippen LogP contribution in [0.25, 0.3) is 0 Å². The van der Waals surface area contributed by atoms with Crippen molar-refractivity contribution in [3.63, 3.8) is 0 Å². The van der Waals surface area contributed by atoms with Gasteiger partial charge in [-0.3, -0.25) is 0 Å². The molecule has 1 aliphatic heterocycles. The first-order chi connectivity index (χ1) is 9.10. The van der Waals surface area contributed by atoms with Crippen LogP contribution in [0.4, 0.5) is 4.39 Å². The lowest BCUT2D eigenvalue weighted by atomic mass is 10.0. The van der Waals surface area contributed by atoms with E-state index < -0.39 is 5.82 Å². The molecule has 19 heavy (non-hydrogen) atoms. The molecule has 1 atom stereocenters. The number of rotatable bonds is 4. The summed E-state index contributed by atoms with van der Waals surface area (Å²) < 4.78 is 13.0. The Labute approximate surface area is 114 Å². The molecule has 2 N–H and O–H groups in total. The van der Waals surface area contributed by atoms with Crippen molar-refractivity contribution in [3.8, 4) is 5.75 Å². The van der Waals surface area contributed by atoms with Crippen LogP contribution in [0, 0.1) is 5.82 Å². The largest absolute Gasteiger partial charge is 0.508 e. The summed E-state index contributed by atoms with van der Waals surface area (Å²) in [5.41, 5.74) is 0.763. The van der Waals surface area contributed by atoms with E-state index in [1.807, 2.05) is 6.92 Å². The number of piperidine rings is 1. The molecular weight excluding hydrogens is 243 g/mol. The van der Waals surface area contributed by atoms with E-state index in [2.05, 4.69) is 17.1 Å². The highest BCUT2D eigenvalue weighted by Gasteiger charge is 2.20. The highest BCUT2D eigenvalue weighted by molar-refractivity contribution is 5.34. The molecular formula is C15H23FN2O. The number of aromatic hydroxyl groups is 1. The SMILES string of the molecule is CCN1CCC(NC(C)c2ccc(F)cc2O)CC1. The molecule has 0 aliphatic carbocycles. The molecule has 1 aromatic rings. The molecule has 1 saturated heterocycles. The van der Waals surface area contributed by atoms with Crippen molar-refractivity contribution in [3.05, 3.63) is 29.6 Å². The Bertz CT molecular complexity index is 417.